The summed E-state index contributed by atoms with van der Waals surface area (Å²) in [6.45, 7) is 6.27. The Kier molecular flexibility index (Phi) is 11.2. The molecule has 5 heteroatoms. The van der Waals surface area contributed by atoms with E-state index in [4.69, 9.17) is 0 Å². The van der Waals surface area contributed by atoms with Crippen molar-refractivity contribution in [1.29, 1.82) is 0 Å². The molecule has 4 rings (SSSR count). The van der Waals surface area contributed by atoms with Gasteiger partial charge in [-0.05, 0) is 23.1 Å². The summed E-state index contributed by atoms with van der Waals surface area (Å²) in [7, 11) is 0. The molecule has 1 fully saturated rings. The van der Waals surface area contributed by atoms with Crippen LogP contribution >= 0.6 is 0 Å². The van der Waals surface area contributed by atoms with Crippen molar-refractivity contribution in [2.75, 3.05) is 32.7 Å². The van der Waals surface area contributed by atoms with Gasteiger partial charge in [-0.3, -0.25) is 14.5 Å². The van der Waals surface area contributed by atoms with Crippen LogP contribution in [0.5, 0.6) is 0 Å². The van der Waals surface area contributed by atoms with Gasteiger partial charge in [-0.15, -0.1) is 0 Å². The fourth-order valence-corrected chi connectivity index (χ4v) is 5.46. The molecule has 3 aromatic carbocycles. The average molecular weight is 526 g/mol. The van der Waals surface area contributed by atoms with E-state index in [1.165, 1.54) is 11.1 Å². The smallest absolute Gasteiger partial charge is 0.224 e. The van der Waals surface area contributed by atoms with Gasteiger partial charge >= 0.3 is 0 Å². The predicted octanol–water partition coefficient (Wildman–Crippen LogP) is 6.31. The van der Waals surface area contributed by atoms with Gasteiger partial charge in [-0.25, -0.2) is 0 Å². The molecule has 0 atom stereocenters. The van der Waals surface area contributed by atoms with Crippen molar-refractivity contribution < 1.29 is 9.59 Å². The second-order valence-corrected chi connectivity index (χ2v) is 10.5. The summed E-state index contributed by atoms with van der Waals surface area (Å²) in [5.74, 6) is 0.295. The number of benzene rings is 3. The van der Waals surface area contributed by atoms with E-state index in [1.54, 1.807) is 0 Å². The number of hydrogen-bond donors (Lipinski definition) is 0. The summed E-state index contributed by atoms with van der Waals surface area (Å²) in [5.41, 5.74) is 3.66. The zero-order valence-electron chi connectivity index (χ0n) is 23.4. The molecular weight excluding hydrogens is 482 g/mol. The molecule has 39 heavy (non-hydrogen) atoms. The lowest BCUT2D eigenvalue weighted by Gasteiger charge is -2.40. The number of amides is 2. The van der Waals surface area contributed by atoms with Crippen molar-refractivity contribution in [3.05, 3.63) is 108 Å². The van der Waals surface area contributed by atoms with Gasteiger partial charge in [0.15, 0.2) is 0 Å². The summed E-state index contributed by atoms with van der Waals surface area (Å²) in [6, 6.07) is 31.5. The van der Waals surface area contributed by atoms with E-state index in [2.05, 4.69) is 72.5 Å². The maximum absolute atomic E-state index is 13.3. The zero-order chi connectivity index (χ0) is 27.3. The van der Waals surface area contributed by atoms with E-state index in [1.807, 2.05) is 40.1 Å². The number of unbranched alkanes of at least 4 members (excludes halogenated alkanes) is 3. The molecule has 0 unspecified atom stereocenters. The lowest BCUT2D eigenvalue weighted by molar-refractivity contribution is -0.136. The second-order valence-electron chi connectivity index (χ2n) is 10.5. The fraction of sp³-hybridized carbons (Fsp3) is 0.412. The highest BCUT2D eigenvalue weighted by Crippen LogP contribution is 2.29. The van der Waals surface area contributed by atoms with Crippen LogP contribution in [-0.4, -0.2) is 59.2 Å². The van der Waals surface area contributed by atoms with Gasteiger partial charge < -0.3 is 9.80 Å². The van der Waals surface area contributed by atoms with Crippen LogP contribution in [0.1, 0.15) is 68.2 Å². The number of nitrogens with zero attached hydrogens (tertiary/aromatic N) is 3. The van der Waals surface area contributed by atoms with Crippen LogP contribution in [0.25, 0.3) is 0 Å². The van der Waals surface area contributed by atoms with Crippen LogP contribution in [0.4, 0.5) is 0 Å². The summed E-state index contributed by atoms with van der Waals surface area (Å²) < 4.78 is 0. The highest BCUT2D eigenvalue weighted by atomic mass is 16.2. The monoisotopic (exact) mass is 525 g/mol. The Labute approximate surface area is 234 Å². The molecule has 1 saturated heterocycles. The standard InChI is InChI=1S/C34H43N3O2/c1-2-3-4-14-21-32(38)37(28-29-15-8-5-9-16-29)23-22-33(39)35-24-26-36(27-25-35)34(30-17-10-6-11-18-30)31-19-12-7-13-20-31/h5-13,15-20,34H,2-4,14,21-28H2,1H3. The molecule has 0 radical (unpaired) electrons. The van der Waals surface area contributed by atoms with Gasteiger partial charge in [0.25, 0.3) is 0 Å². The Morgan fingerprint density at radius 1 is 0.718 bits per heavy atom. The molecule has 206 valence electrons. The normalized spacial score (nSPS) is 13.9. The molecule has 3 aromatic rings. The Hall–Kier alpha value is -3.44. The van der Waals surface area contributed by atoms with Gasteiger partial charge in [0, 0.05) is 52.1 Å². The first-order valence-corrected chi connectivity index (χ1v) is 14.6. The molecule has 0 aliphatic carbocycles. The minimum Gasteiger partial charge on any atom is -0.340 e. The third-order valence-corrected chi connectivity index (χ3v) is 7.67. The Morgan fingerprint density at radius 2 is 1.28 bits per heavy atom. The van der Waals surface area contributed by atoms with Crippen molar-refractivity contribution in [2.45, 2.75) is 58.0 Å². The van der Waals surface area contributed by atoms with Crippen LogP contribution in [0, 0.1) is 0 Å². The van der Waals surface area contributed by atoms with Gasteiger partial charge in [-0.1, -0.05) is 117 Å². The number of carbonyl (C=O) groups excluding carboxylic acids is 2. The fourth-order valence-electron chi connectivity index (χ4n) is 5.46. The van der Waals surface area contributed by atoms with Crippen LogP contribution in [0.3, 0.4) is 0 Å². The van der Waals surface area contributed by atoms with E-state index in [-0.39, 0.29) is 17.9 Å². The second kappa shape index (κ2) is 15.2. The van der Waals surface area contributed by atoms with Crippen LogP contribution in [0.15, 0.2) is 91.0 Å². The van der Waals surface area contributed by atoms with Gasteiger partial charge in [-0.2, -0.15) is 0 Å². The maximum atomic E-state index is 13.3. The predicted molar refractivity (Wildman–Crippen MR) is 158 cm³/mol. The minimum atomic E-state index is 0.141. The van der Waals surface area contributed by atoms with Gasteiger partial charge in [0.2, 0.25) is 11.8 Å². The van der Waals surface area contributed by atoms with E-state index < -0.39 is 0 Å². The molecule has 5 nitrogen and oxygen atoms in total. The number of rotatable bonds is 13. The number of piperazine rings is 1. The van der Waals surface area contributed by atoms with Crippen molar-refractivity contribution in [2.24, 2.45) is 0 Å². The van der Waals surface area contributed by atoms with Crippen LogP contribution < -0.4 is 0 Å². The molecule has 0 aromatic heterocycles. The Bertz CT molecular complexity index is 1090. The first kappa shape index (κ1) is 28.6. The summed E-state index contributed by atoms with van der Waals surface area (Å²) in [6.07, 6.45) is 5.23. The topological polar surface area (TPSA) is 43.9 Å². The zero-order valence-corrected chi connectivity index (χ0v) is 23.4. The van der Waals surface area contributed by atoms with E-state index in [0.717, 1.165) is 44.3 Å². The SMILES string of the molecule is CCCCCCC(=O)N(CCC(=O)N1CCN(C(c2ccccc2)c2ccccc2)CC1)Cc1ccccc1. The quantitative estimate of drug-likeness (QED) is 0.246. The molecule has 1 aliphatic heterocycles. The van der Waals surface area contributed by atoms with Crippen molar-refractivity contribution >= 4 is 11.8 Å². The van der Waals surface area contributed by atoms with E-state index >= 15 is 0 Å². The number of hydrogen-bond acceptors (Lipinski definition) is 3. The molecule has 1 aliphatic rings. The van der Waals surface area contributed by atoms with Crippen molar-refractivity contribution in [1.82, 2.24) is 14.7 Å². The molecule has 0 spiro atoms. The van der Waals surface area contributed by atoms with Crippen molar-refractivity contribution in [3.63, 3.8) is 0 Å². The molecule has 1 heterocycles. The molecule has 0 bridgehead atoms. The molecule has 0 saturated carbocycles. The van der Waals surface area contributed by atoms with Crippen LogP contribution in [-0.2, 0) is 16.1 Å². The minimum absolute atomic E-state index is 0.141. The third-order valence-electron chi connectivity index (χ3n) is 7.67. The molecule has 2 amide bonds. The van der Waals surface area contributed by atoms with E-state index in [9.17, 15) is 9.59 Å². The lowest BCUT2D eigenvalue weighted by Crippen LogP contribution is -2.50. The Balaban J connectivity index is 1.34. The number of carbonyl (C=O) groups is 2. The molecule has 0 N–H and O–H groups in total. The Morgan fingerprint density at radius 3 is 1.85 bits per heavy atom. The maximum Gasteiger partial charge on any atom is 0.224 e. The largest absolute Gasteiger partial charge is 0.340 e. The summed E-state index contributed by atoms with van der Waals surface area (Å²) >= 11 is 0. The first-order chi connectivity index (χ1) is 19.2. The highest BCUT2D eigenvalue weighted by molar-refractivity contribution is 5.79. The average Bonchev–Trinajstić information content (AvgIpc) is 2.99. The summed E-state index contributed by atoms with van der Waals surface area (Å²) in [5, 5.41) is 0. The first-order valence-electron chi connectivity index (χ1n) is 14.6. The van der Waals surface area contributed by atoms with Crippen LogP contribution in [0.2, 0.25) is 0 Å². The van der Waals surface area contributed by atoms with Gasteiger partial charge in [0.1, 0.15) is 0 Å². The molecular formula is C34H43N3O2. The van der Waals surface area contributed by atoms with Crippen molar-refractivity contribution in [3.8, 4) is 0 Å². The van der Waals surface area contributed by atoms with Gasteiger partial charge in [0.05, 0.1) is 6.04 Å². The third kappa shape index (κ3) is 8.52. The highest BCUT2D eigenvalue weighted by Gasteiger charge is 2.28. The summed E-state index contributed by atoms with van der Waals surface area (Å²) in [4.78, 5) is 32.7. The lowest BCUT2D eigenvalue weighted by atomic mass is 9.96. The van der Waals surface area contributed by atoms with E-state index in [0.29, 0.717) is 39.0 Å².